The van der Waals surface area contributed by atoms with Crippen LogP contribution in [0, 0.1) is 0 Å². The van der Waals surface area contributed by atoms with Crippen LogP contribution in [-0.4, -0.2) is 37.9 Å². The Morgan fingerprint density at radius 3 is 1.17 bits per heavy atom. The van der Waals surface area contributed by atoms with E-state index < -0.39 is 6.10 Å². The Morgan fingerprint density at radius 2 is 0.700 bits per heavy atom. The van der Waals surface area contributed by atoms with Gasteiger partial charge in [-0.3, -0.25) is 9.59 Å². The number of carbonyl (C=O) groups excluding carboxylic acids is 2. The van der Waals surface area contributed by atoms with E-state index in [1.165, 1.54) is 167 Å². The Balaban J connectivity index is 4.19. The summed E-state index contributed by atoms with van der Waals surface area (Å²) in [6, 6.07) is 0. The molecule has 0 N–H and O–H groups in total. The minimum atomic E-state index is -0.540. The smallest absolute Gasteiger partial charge is 0.306 e. The molecule has 350 valence electrons. The Kier molecular flexibility index (Phi) is 49.4. The number of unbranched alkanes of at least 4 members (excludes halogenated alkanes) is 29. The minimum absolute atomic E-state index is 0.0795. The van der Waals surface area contributed by atoms with Crippen molar-refractivity contribution < 1.29 is 23.8 Å². The lowest BCUT2D eigenvalue weighted by Gasteiger charge is -2.18. The van der Waals surface area contributed by atoms with Gasteiger partial charge in [-0.1, -0.05) is 217 Å². The van der Waals surface area contributed by atoms with Crippen LogP contribution in [0.2, 0.25) is 0 Å². The Labute approximate surface area is 373 Å². The number of ether oxygens (including phenoxy) is 3. The molecule has 0 aromatic heterocycles. The largest absolute Gasteiger partial charge is 0.462 e. The van der Waals surface area contributed by atoms with E-state index in [4.69, 9.17) is 14.2 Å². The zero-order valence-corrected chi connectivity index (χ0v) is 40.2. The molecule has 0 bridgehead atoms. The van der Waals surface area contributed by atoms with Gasteiger partial charge in [-0.25, -0.2) is 0 Å². The van der Waals surface area contributed by atoms with Crippen LogP contribution in [0.25, 0.3) is 0 Å². The van der Waals surface area contributed by atoms with E-state index in [2.05, 4.69) is 69.4 Å². The third kappa shape index (κ3) is 48.5. The second-order valence-corrected chi connectivity index (χ2v) is 17.4. The topological polar surface area (TPSA) is 61.8 Å². The number of esters is 2. The van der Waals surface area contributed by atoms with Gasteiger partial charge in [0.05, 0.1) is 6.61 Å². The monoisotopic (exact) mass is 841 g/mol. The molecule has 0 radical (unpaired) electrons. The molecule has 0 rings (SSSR count). The number of hydrogen-bond donors (Lipinski definition) is 0. The predicted molar refractivity (Wildman–Crippen MR) is 261 cm³/mol. The van der Waals surface area contributed by atoms with E-state index >= 15 is 0 Å². The molecule has 5 heteroatoms. The molecule has 5 nitrogen and oxygen atoms in total. The molecule has 0 aromatic rings. The summed E-state index contributed by atoms with van der Waals surface area (Å²) in [5.74, 6) is -0.406. The van der Waals surface area contributed by atoms with Gasteiger partial charge in [0.25, 0.3) is 0 Å². The average molecular weight is 841 g/mol. The first-order valence-electron chi connectivity index (χ1n) is 26.2. The molecule has 0 aliphatic rings. The molecule has 0 heterocycles. The SMILES string of the molecule is CCCCC/C=C\C/C=C\C/C=C\CCCCCCCCCOCC(COC(=O)CCCCCCC/C=C\CCCCCCCC)OC(=O)CCCCCCCCCCC. The maximum atomic E-state index is 12.7. The lowest BCUT2D eigenvalue weighted by atomic mass is 10.1. The maximum Gasteiger partial charge on any atom is 0.306 e. The second-order valence-electron chi connectivity index (χ2n) is 17.4. The van der Waals surface area contributed by atoms with E-state index in [0.29, 0.717) is 19.4 Å². The Morgan fingerprint density at radius 1 is 0.367 bits per heavy atom. The highest BCUT2D eigenvalue weighted by Crippen LogP contribution is 2.14. The summed E-state index contributed by atoms with van der Waals surface area (Å²) >= 11 is 0. The third-order valence-electron chi connectivity index (χ3n) is 11.3. The number of carbonyl (C=O) groups is 2. The lowest BCUT2D eigenvalue weighted by molar-refractivity contribution is -0.163. The van der Waals surface area contributed by atoms with E-state index in [1.807, 2.05) is 0 Å². The van der Waals surface area contributed by atoms with Crippen molar-refractivity contribution in [2.45, 2.75) is 271 Å². The molecule has 0 aromatic carbocycles. The molecule has 0 spiro atoms. The van der Waals surface area contributed by atoms with E-state index in [9.17, 15) is 9.59 Å². The lowest BCUT2D eigenvalue weighted by Crippen LogP contribution is -2.30. The van der Waals surface area contributed by atoms with Gasteiger partial charge in [-0.2, -0.15) is 0 Å². The van der Waals surface area contributed by atoms with Crippen LogP contribution in [0.5, 0.6) is 0 Å². The van der Waals surface area contributed by atoms with Crippen molar-refractivity contribution in [1.29, 1.82) is 0 Å². The zero-order valence-electron chi connectivity index (χ0n) is 40.2. The van der Waals surface area contributed by atoms with Gasteiger partial charge in [0.2, 0.25) is 0 Å². The summed E-state index contributed by atoms with van der Waals surface area (Å²) in [4.78, 5) is 25.3. The van der Waals surface area contributed by atoms with Gasteiger partial charge in [0.1, 0.15) is 6.61 Å². The van der Waals surface area contributed by atoms with Crippen LogP contribution in [-0.2, 0) is 23.8 Å². The summed E-state index contributed by atoms with van der Waals surface area (Å²) < 4.78 is 17.4. The van der Waals surface area contributed by atoms with Crippen molar-refractivity contribution in [3.63, 3.8) is 0 Å². The van der Waals surface area contributed by atoms with Crippen LogP contribution in [0.1, 0.15) is 265 Å². The number of allylic oxidation sites excluding steroid dienone is 8. The molecule has 0 saturated carbocycles. The minimum Gasteiger partial charge on any atom is -0.462 e. The Bertz CT molecular complexity index is 997. The van der Waals surface area contributed by atoms with Crippen molar-refractivity contribution in [3.05, 3.63) is 48.6 Å². The first-order chi connectivity index (χ1) is 29.6. The second kappa shape index (κ2) is 51.2. The Hall–Kier alpha value is -2.14. The molecule has 0 aliphatic heterocycles. The average Bonchev–Trinajstić information content (AvgIpc) is 3.25. The van der Waals surface area contributed by atoms with Crippen LogP contribution in [0.4, 0.5) is 0 Å². The van der Waals surface area contributed by atoms with Crippen LogP contribution in [0.3, 0.4) is 0 Å². The van der Waals surface area contributed by atoms with Gasteiger partial charge in [0.15, 0.2) is 6.10 Å². The van der Waals surface area contributed by atoms with Gasteiger partial charge >= 0.3 is 11.9 Å². The van der Waals surface area contributed by atoms with Gasteiger partial charge in [-0.05, 0) is 83.5 Å². The first-order valence-corrected chi connectivity index (χ1v) is 26.2. The molecule has 0 fully saturated rings. The molecule has 1 unspecified atom stereocenters. The highest BCUT2D eigenvalue weighted by Gasteiger charge is 2.17. The molecule has 0 aliphatic carbocycles. The van der Waals surface area contributed by atoms with Crippen molar-refractivity contribution >= 4 is 11.9 Å². The molecular weight excluding hydrogens is 741 g/mol. The summed E-state index contributed by atoms with van der Waals surface area (Å²) in [7, 11) is 0. The highest BCUT2D eigenvalue weighted by molar-refractivity contribution is 5.70. The van der Waals surface area contributed by atoms with Crippen molar-refractivity contribution in [1.82, 2.24) is 0 Å². The highest BCUT2D eigenvalue weighted by atomic mass is 16.6. The van der Waals surface area contributed by atoms with Crippen LogP contribution in [0.15, 0.2) is 48.6 Å². The molecule has 60 heavy (non-hydrogen) atoms. The zero-order chi connectivity index (χ0) is 43.5. The van der Waals surface area contributed by atoms with Crippen LogP contribution >= 0.6 is 0 Å². The van der Waals surface area contributed by atoms with Gasteiger partial charge in [-0.15, -0.1) is 0 Å². The first kappa shape index (κ1) is 57.9. The summed E-state index contributed by atoms with van der Waals surface area (Å²) in [6.45, 7) is 7.78. The van der Waals surface area contributed by atoms with Gasteiger partial charge < -0.3 is 14.2 Å². The fraction of sp³-hybridized carbons (Fsp3) is 0.818. The molecule has 0 amide bonds. The molecule has 0 saturated heterocycles. The van der Waals surface area contributed by atoms with Crippen molar-refractivity contribution in [2.24, 2.45) is 0 Å². The van der Waals surface area contributed by atoms with E-state index in [1.54, 1.807) is 0 Å². The number of hydrogen-bond acceptors (Lipinski definition) is 5. The van der Waals surface area contributed by atoms with E-state index in [-0.39, 0.29) is 25.2 Å². The summed E-state index contributed by atoms with van der Waals surface area (Å²) in [5.41, 5.74) is 0. The number of rotatable bonds is 48. The fourth-order valence-corrected chi connectivity index (χ4v) is 7.39. The third-order valence-corrected chi connectivity index (χ3v) is 11.3. The van der Waals surface area contributed by atoms with Crippen molar-refractivity contribution in [2.75, 3.05) is 19.8 Å². The molecule has 1 atom stereocenters. The van der Waals surface area contributed by atoms with Gasteiger partial charge in [0, 0.05) is 19.4 Å². The predicted octanol–water partition coefficient (Wildman–Crippen LogP) is 17.6. The van der Waals surface area contributed by atoms with Crippen molar-refractivity contribution in [3.8, 4) is 0 Å². The van der Waals surface area contributed by atoms with E-state index in [0.717, 1.165) is 64.2 Å². The normalized spacial score (nSPS) is 12.5. The maximum absolute atomic E-state index is 12.7. The quantitative estimate of drug-likeness (QED) is 0.0347. The summed E-state index contributed by atoms with van der Waals surface area (Å²) in [5, 5.41) is 0. The summed E-state index contributed by atoms with van der Waals surface area (Å²) in [6.07, 6.45) is 62.6. The standard InChI is InChI=1S/C55H100O5/c1-4-7-10-13-16-19-21-23-25-26-27-28-29-31-33-35-38-41-44-47-50-58-51-53(60-55(57)49-46-43-40-36-18-15-12-9-6-3)52-59-54(56)48-45-42-39-37-34-32-30-24-22-20-17-14-11-8-5-2/h16,19,23-25,27-28,30,53H,4-15,17-18,20-22,26,29,31-52H2,1-3H3/b19-16-,25-23-,28-27-,30-24-. The molecular formula is C55H100O5. The van der Waals surface area contributed by atoms with Crippen LogP contribution < -0.4 is 0 Å². The fourth-order valence-electron chi connectivity index (χ4n) is 7.39.